The quantitative estimate of drug-likeness (QED) is 0.284. The summed E-state index contributed by atoms with van der Waals surface area (Å²) in [5.74, 6) is -1.38. The van der Waals surface area contributed by atoms with Crippen molar-refractivity contribution in [3.05, 3.63) is 61.2 Å². The Labute approximate surface area is 178 Å². The molecule has 1 aromatic carbocycles. The van der Waals surface area contributed by atoms with Crippen LogP contribution in [0.2, 0.25) is 0 Å². The van der Waals surface area contributed by atoms with Crippen LogP contribution in [0.4, 0.5) is 0 Å². The second-order valence-electron chi connectivity index (χ2n) is 6.96. The fraction of sp³-hybridized carbons (Fsp3) is 0.435. The highest BCUT2D eigenvalue weighted by molar-refractivity contribution is 5.87. The molecule has 2 amide bonds. The van der Waals surface area contributed by atoms with Crippen molar-refractivity contribution in [1.29, 1.82) is 0 Å². The summed E-state index contributed by atoms with van der Waals surface area (Å²) in [5.41, 5.74) is -0.452. The van der Waals surface area contributed by atoms with E-state index >= 15 is 0 Å². The maximum absolute atomic E-state index is 12.3. The molecule has 0 fully saturated rings. The fourth-order valence-electron chi connectivity index (χ4n) is 3.04. The highest BCUT2D eigenvalue weighted by atomic mass is 16.5. The standard InChI is InChI=1S/C23H32N2O5/c1-3-20(26)24-15-9-8-14-23(22(28)29,19-12-6-5-7-13-19)18-30-17-11-10-16-25-21(27)4-2/h3-7,12-13H,1-2,8-11,14-18H2,(H,24,26)(H,25,27)(H,28,29). The third kappa shape index (κ3) is 8.61. The van der Waals surface area contributed by atoms with Crippen molar-refractivity contribution in [2.75, 3.05) is 26.3 Å². The van der Waals surface area contributed by atoms with Crippen LogP contribution in [0.15, 0.2) is 55.6 Å². The Balaban J connectivity index is 2.63. The molecule has 164 valence electrons. The zero-order valence-corrected chi connectivity index (χ0v) is 17.4. The molecule has 0 saturated carbocycles. The average molecular weight is 417 g/mol. The van der Waals surface area contributed by atoms with Crippen LogP contribution in [0.25, 0.3) is 0 Å². The average Bonchev–Trinajstić information content (AvgIpc) is 2.76. The number of rotatable bonds is 16. The number of unbranched alkanes of at least 4 members (excludes halogenated alkanes) is 2. The summed E-state index contributed by atoms with van der Waals surface area (Å²) in [6, 6.07) is 9.10. The number of nitrogens with one attached hydrogen (secondary N) is 2. The van der Waals surface area contributed by atoms with E-state index in [1.165, 1.54) is 12.2 Å². The minimum absolute atomic E-state index is 0.0599. The predicted molar refractivity (Wildman–Crippen MR) is 116 cm³/mol. The van der Waals surface area contributed by atoms with Crippen LogP contribution in [-0.2, 0) is 24.5 Å². The highest BCUT2D eigenvalue weighted by Gasteiger charge is 2.40. The smallest absolute Gasteiger partial charge is 0.316 e. The van der Waals surface area contributed by atoms with E-state index < -0.39 is 11.4 Å². The Morgan fingerprint density at radius 1 is 0.933 bits per heavy atom. The molecule has 0 radical (unpaired) electrons. The van der Waals surface area contributed by atoms with Gasteiger partial charge in [0.05, 0.1) is 6.61 Å². The lowest BCUT2D eigenvalue weighted by Crippen LogP contribution is -2.41. The van der Waals surface area contributed by atoms with E-state index in [1.54, 1.807) is 0 Å². The van der Waals surface area contributed by atoms with Gasteiger partial charge in [-0.2, -0.15) is 0 Å². The normalized spacial score (nSPS) is 12.4. The molecule has 7 heteroatoms. The van der Waals surface area contributed by atoms with Crippen LogP contribution in [0, 0.1) is 0 Å². The third-order valence-electron chi connectivity index (χ3n) is 4.80. The maximum Gasteiger partial charge on any atom is 0.316 e. The lowest BCUT2D eigenvalue weighted by atomic mass is 9.77. The first kappa shape index (κ1) is 25.1. The number of hydrogen-bond donors (Lipinski definition) is 3. The van der Waals surface area contributed by atoms with Gasteiger partial charge in [-0.3, -0.25) is 14.4 Å². The van der Waals surface area contributed by atoms with Gasteiger partial charge in [-0.25, -0.2) is 0 Å². The number of amides is 2. The molecule has 0 aliphatic rings. The molecular weight excluding hydrogens is 384 g/mol. The van der Waals surface area contributed by atoms with Gasteiger partial charge in [-0.05, 0) is 43.4 Å². The SMILES string of the molecule is C=CC(=O)NCCCCOCC(CCCCNC(=O)C=C)(C(=O)O)c1ccccc1. The summed E-state index contributed by atoms with van der Waals surface area (Å²) in [6.07, 6.45) is 5.54. The second-order valence-corrected chi connectivity index (χ2v) is 6.96. The number of ether oxygens (including phenoxy) is 1. The van der Waals surface area contributed by atoms with Crippen LogP contribution in [0.1, 0.15) is 37.7 Å². The van der Waals surface area contributed by atoms with Gasteiger partial charge in [-0.1, -0.05) is 49.9 Å². The minimum atomic E-state index is -1.15. The minimum Gasteiger partial charge on any atom is -0.481 e. The first-order valence-electron chi connectivity index (χ1n) is 10.1. The number of benzene rings is 1. The van der Waals surface area contributed by atoms with Gasteiger partial charge in [0.15, 0.2) is 0 Å². The molecule has 1 unspecified atom stereocenters. The van der Waals surface area contributed by atoms with Gasteiger partial charge in [0, 0.05) is 19.7 Å². The van der Waals surface area contributed by atoms with E-state index in [1.807, 2.05) is 30.3 Å². The van der Waals surface area contributed by atoms with E-state index in [4.69, 9.17) is 4.74 Å². The van der Waals surface area contributed by atoms with E-state index in [9.17, 15) is 19.5 Å². The van der Waals surface area contributed by atoms with Crippen molar-refractivity contribution in [2.24, 2.45) is 0 Å². The van der Waals surface area contributed by atoms with Gasteiger partial charge in [-0.15, -0.1) is 0 Å². The van der Waals surface area contributed by atoms with E-state index in [-0.39, 0.29) is 18.4 Å². The largest absolute Gasteiger partial charge is 0.481 e. The van der Waals surface area contributed by atoms with Gasteiger partial charge in [0.25, 0.3) is 0 Å². The summed E-state index contributed by atoms with van der Waals surface area (Å²) in [5, 5.41) is 15.5. The van der Waals surface area contributed by atoms with Gasteiger partial charge in [0.1, 0.15) is 5.41 Å². The number of carbonyl (C=O) groups excluding carboxylic acids is 2. The zero-order chi connectivity index (χ0) is 22.2. The van der Waals surface area contributed by atoms with Crippen LogP contribution >= 0.6 is 0 Å². The summed E-state index contributed by atoms with van der Waals surface area (Å²) >= 11 is 0. The van der Waals surface area contributed by atoms with Crippen LogP contribution in [-0.4, -0.2) is 49.2 Å². The third-order valence-corrected chi connectivity index (χ3v) is 4.80. The molecular formula is C23H32N2O5. The summed E-state index contributed by atoms with van der Waals surface area (Å²) in [7, 11) is 0. The van der Waals surface area contributed by atoms with Crippen molar-refractivity contribution in [2.45, 2.75) is 37.5 Å². The monoisotopic (exact) mass is 416 g/mol. The van der Waals surface area contributed by atoms with Crippen molar-refractivity contribution in [3.8, 4) is 0 Å². The van der Waals surface area contributed by atoms with E-state index in [0.717, 1.165) is 6.42 Å². The summed E-state index contributed by atoms with van der Waals surface area (Å²) < 4.78 is 5.76. The van der Waals surface area contributed by atoms with Crippen molar-refractivity contribution < 1.29 is 24.2 Å². The van der Waals surface area contributed by atoms with Crippen molar-refractivity contribution in [3.63, 3.8) is 0 Å². The first-order chi connectivity index (χ1) is 14.5. The molecule has 7 nitrogen and oxygen atoms in total. The summed E-state index contributed by atoms with van der Waals surface area (Å²) in [6.45, 7) is 8.25. The number of aliphatic carboxylic acids is 1. The van der Waals surface area contributed by atoms with E-state index in [2.05, 4.69) is 23.8 Å². The Bertz CT molecular complexity index is 705. The Hall–Kier alpha value is -2.93. The fourth-order valence-corrected chi connectivity index (χ4v) is 3.04. The molecule has 0 aliphatic heterocycles. The predicted octanol–water partition coefficient (Wildman–Crippen LogP) is 2.58. The molecule has 3 N–H and O–H groups in total. The maximum atomic E-state index is 12.3. The van der Waals surface area contributed by atoms with Crippen LogP contribution in [0.5, 0.6) is 0 Å². The van der Waals surface area contributed by atoms with Gasteiger partial charge >= 0.3 is 5.97 Å². The molecule has 0 spiro atoms. The Morgan fingerprint density at radius 3 is 2.03 bits per heavy atom. The zero-order valence-electron chi connectivity index (χ0n) is 17.4. The summed E-state index contributed by atoms with van der Waals surface area (Å²) in [4.78, 5) is 34.6. The van der Waals surface area contributed by atoms with Crippen molar-refractivity contribution in [1.82, 2.24) is 10.6 Å². The van der Waals surface area contributed by atoms with Crippen molar-refractivity contribution >= 4 is 17.8 Å². The highest BCUT2D eigenvalue weighted by Crippen LogP contribution is 2.31. The number of carboxylic acid groups (broad SMARTS) is 1. The number of hydrogen-bond acceptors (Lipinski definition) is 4. The van der Waals surface area contributed by atoms with Gasteiger partial charge < -0.3 is 20.5 Å². The topological polar surface area (TPSA) is 105 Å². The molecule has 0 heterocycles. The molecule has 0 saturated heterocycles. The van der Waals surface area contributed by atoms with Gasteiger partial charge in [0.2, 0.25) is 11.8 Å². The molecule has 0 aromatic heterocycles. The lowest BCUT2D eigenvalue weighted by Gasteiger charge is -2.30. The molecule has 1 atom stereocenters. The number of carboxylic acids is 1. The number of carbonyl (C=O) groups is 3. The second kappa shape index (κ2) is 14.1. The van der Waals surface area contributed by atoms with E-state index in [0.29, 0.717) is 50.9 Å². The van der Waals surface area contributed by atoms with Crippen LogP contribution in [0.3, 0.4) is 0 Å². The molecule has 1 rings (SSSR count). The Kier molecular flexibility index (Phi) is 11.8. The first-order valence-corrected chi connectivity index (χ1v) is 10.1. The molecule has 0 aliphatic carbocycles. The lowest BCUT2D eigenvalue weighted by molar-refractivity contribution is -0.147. The molecule has 0 bridgehead atoms. The molecule has 30 heavy (non-hydrogen) atoms. The molecule has 1 aromatic rings. The Morgan fingerprint density at radius 2 is 1.50 bits per heavy atom. The van der Waals surface area contributed by atoms with Crippen LogP contribution < -0.4 is 10.6 Å².